The number of rotatable bonds is 6. The van der Waals surface area contributed by atoms with Crippen LogP contribution >= 0.6 is 23.2 Å². The quantitative estimate of drug-likeness (QED) is 0.365. The lowest BCUT2D eigenvalue weighted by molar-refractivity contribution is 0.287. The molecule has 33 heavy (non-hydrogen) atoms. The zero-order chi connectivity index (χ0) is 23.7. The maximum absolute atomic E-state index is 13.2. The van der Waals surface area contributed by atoms with Gasteiger partial charge < -0.3 is 9.15 Å². The van der Waals surface area contributed by atoms with E-state index in [1.165, 1.54) is 10.8 Å². The van der Waals surface area contributed by atoms with Crippen LogP contribution in [0.2, 0.25) is 10.0 Å². The molecule has 0 aliphatic heterocycles. The van der Waals surface area contributed by atoms with Gasteiger partial charge in [-0.05, 0) is 25.1 Å². The van der Waals surface area contributed by atoms with Crippen LogP contribution in [0.5, 0.6) is 5.88 Å². The van der Waals surface area contributed by atoms with Gasteiger partial charge in [0.15, 0.2) is 10.9 Å². The highest BCUT2D eigenvalue weighted by molar-refractivity contribution is 6.33. The summed E-state index contributed by atoms with van der Waals surface area (Å²) in [6, 6.07) is 7.13. The third kappa shape index (κ3) is 4.77. The maximum atomic E-state index is 13.2. The van der Waals surface area contributed by atoms with Crippen LogP contribution in [-0.4, -0.2) is 24.5 Å². The summed E-state index contributed by atoms with van der Waals surface area (Å²) in [5, 5.41) is 0.207. The Morgan fingerprint density at radius 3 is 2.61 bits per heavy atom. The van der Waals surface area contributed by atoms with E-state index in [0.29, 0.717) is 28.1 Å². The fourth-order valence-electron chi connectivity index (χ4n) is 3.23. The monoisotopic (exact) mass is 485 g/mol. The molecule has 4 rings (SSSR count). The van der Waals surface area contributed by atoms with Crippen molar-refractivity contribution in [3.8, 4) is 22.8 Å². The minimum atomic E-state index is -0.500. The Balaban J connectivity index is 1.73. The number of hydrogen-bond acceptors (Lipinski definition) is 7. The second kappa shape index (κ2) is 9.33. The molecule has 0 radical (unpaired) electrons. The molecule has 0 unspecified atom stereocenters. The van der Waals surface area contributed by atoms with E-state index >= 15 is 0 Å². The maximum Gasteiger partial charge on any atom is 0.280 e. The molecule has 0 spiro atoms. The first-order valence-corrected chi connectivity index (χ1v) is 11.0. The Kier molecular flexibility index (Phi) is 6.49. The number of oxazole rings is 1. The highest BCUT2D eigenvalue weighted by atomic mass is 35.5. The van der Waals surface area contributed by atoms with Crippen molar-refractivity contribution in [2.24, 2.45) is 0 Å². The highest BCUT2D eigenvalue weighted by Gasteiger charge is 2.19. The summed E-state index contributed by atoms with van der Waals surface area (Å²) in [4.78, 5) is 30.6. The molecule has 10 heteroatoms. The number of aryl methyl sites for hydroxylation is 2. The topological polar surface area (TPSA) is 95.9 Å². The molecule has 0 saturated heterocycles. The zero-order valence-electron chi connectivity index (χ0n) is 18.5. The van der Waals surface area contributed by atoms with Crippen molar-refractivity contribution in [3.63, 3.8) is 0 Å². The molecule has 0 aliphatic carbocycles. The largest absolute Gasteiger partial charge is 0.470 e. The van der Waals surface area contributed by atoms with E-state index < -0.39 is 5.56 Å². The standard InChI is InChI=1S/C23H21Cl2N5O3/c1-12(2)21-26-8-7-18(29-21)15-5-6-17(24)19(9-15)30-13(3)27-22(20(25)23(30)31)33-11-16-10-32-14(4)28-16/h5-10,12H,11H2,1-4H3. The van der Waals surface area contributed by atoms with Crippen LogP contribution < -0.4 is 10.3 Å². The third-order valence-electron chi connectivity index (χ3n) is 4.86. The molecule has 0 fully saturated rings. The summed E-state index contributed by atoms with van der Waals surface area (Å²) in [6.07, 6.45) is 3.19. The molecule has 4 aromatic rings. The summed E-state index contributed by atoms with van der Waals surface area (Å²) in [5.74, 6) is 1.79. The molecule has 170 valence electrons. The molecule has 0 aliphatic rings. The molecular weight excluding hydrogens is 465 g/mol. The number of hydrogen-bond donors (Lipinski definition) is 0. The second-order valence-corrected chi connectivity index (χ2v) is 8.47. The minimum Gasteiger partial charge on any atom is -0.470 e. The van der Waals surface area contributed by atoms with Gasteiger partial charge in [0.25, 0.3) is 5.56 Å². The Morgan fingerprint density at radius 2 is 1.91 bits per heavy atom. The molecule has 3 heterocycles. The second-order valence-electron chi connectivity index (χ2n) is 7.69. The number of halogens is 2. The fraction of sp³-hybridized carbons (Fsp3) is 0.261. The van der Waals surface area contributed by atoms with Crippen molar-refractivity contribution in [1.82, 2.24) is 24.5 Å². The Labute approximate surface area is 200 Å². The average molecular weight is 486 g/mol. The molecular formula is C23H21Cl2N5O3. The molecule has 0 saturated carbocycles. The van der Waals surface area contributed by atoms with Crippen LogP contribution in [0.1, 0.15) is 43.0 Å². The zero-order valence-corrected chi connectivity index (χ0v) is 20.0. The summed E-state index contributed by atoms with van der Waals surface area (Å²) in [5.41, 5.74) is 2.00. The van der Waals surface area contributed by atoms with Crippen molar-refractivity contribution in [2.45, 2.75) is 40.2 Å². The van der Waals surface area contributed by atoms with Gasteiger partial charge >= 0.3 is 0 Å². The summed E-state index contributed by atoms with van der Waals surface area (Å²) < 4.78 is 12.1. The minimum absolute atomic E-state index is 0.0146. The van der Waals surface area contributed by atoms with Crippen LogP contribution in [0.4, 0.5) is 0 Å². The average Bonchev–Trinajstić information content (AvgIpc) is 3.21. The summed E-state index contributed by atoms with van der Waals surface area (Å²) in [6.45, 7) is 7.51. The van der Waals surface area contributed by atoms with Crippen LogP contribution in [-0.2, 0) is 6.61 Å². The number of nitrogens with zero attached hydrogens (tertiary/aromatic N) is 5. The fourth-order valence-corrected chi connectivity index (χ4v) is 3.62. The molecule has 0 atom stereocenters. The van der Waals surface area contributed by atoms with Crippen LogP contribution in [0, 0.1) is 13.8 Å². The lowest BCUT2D eigenvalue weighted by Gasteiger charge is -2.15. The lowest BCUT2D eigenvalue weighted by Crippen LogP contribution is -2.24. The molecule has 8 nitrogen and oxygen atoms in total. The molecule has 0 N–H and O–H groups in total. The summed E-state index contributed by atoms with van der Waals surface area (Å²) >= 11 is 12.8. The van der Waals surface area contributed by atoms with Crippen molar-refractivity contribution >= 4 is 23.2 Å². The third-order valence-corrected chi connectivity index (χ3v) is 5.51. The van der Waals surface area contributed by atoms with Gasteiger partial charge in [-0.2, -0.15) is 4.98 Å². The van der Waals surface area contributed by atoms with Gasteiger partial charge in [-0.3, -0.25) is 9.36 Å². The first-order chi connectivity index (χ1) is 15.7. The van der Waals surface area contributed by atoms with Gasteiger partial charge in [0.05, 0.1) is 16.4 Å². The van der Waals surface area contributed by atoms with E-state index in [4.69, 9.17) is 32.4 Å². The molecule has 0 amide bonds. The smallest absolute Gasteiger partial charge is 0.280 e. The Morgan fingerprint density at radius 1 is 1.12 bits per heavy atom. The van der Waals surface area contributed by atoms with E-state index in [0.717, 1.165) is 17.1 Å². The van der Waals surface area contributed by atoms with Crippen LogP contribution in [0.3, 0.4) is 0 Å². The summed E-state index contributed by atoms with van der Waals surface area (Å²) in [7, 11) is 0. The molecule has 1 aromatic carbocycles. The van der Waals surface area contributed by atoms with E-state index in [1.807, 2.05) is 26.0 Å². The van der Waals surface area contributed by atoms with Crippen LogP contribution in [0.15, 0.2) is 45.9 Å². The predicted molar refractivity (Wildman–Crippen MR) is 125 cm³/mol. The van der Waals surface area contributed by atoms with Gasteiger partial charge in [-0.1, -0.05) is 43.1 Å². The van der Waals surface area contributed by atoms with Gasteiger partial charge in [0.1, 0.15) is 30.2 Å². The molecule has 0 bridgehead atoms. The van der Waals surface area contributed by atoms with Gasteiger partial charge in [0.2, 0.25) is 5.88 Å². The first kappa shape index (κ1) is 22.9. The van der Waals surface area contributed by atoms with Crippen molar-refractivity contribution < 1.29 is 9.15 Å². The number of ether oxygens (including phenoxy) is 1. The van der Waals surface area contributed by atoms with Crippen molar-refractivity contribution in [1.29, 1.82) is 0 Å². The van der Waals surface area contributed by atoms with Gasteiger partial charge in [0, 0.05) is 24.6 Å². The van der Waals surface area contributed by atoms with E-state index in [-0.39, 0.29) is 23.4 Å². The van der Waals surface area contributed by atoms with Crippen LogP contribution in [0.25, 0.3) is 16.9 Å². The SMILES string of the molecule is Cc1nc(COc2nc(C)n(-c3cc(-c4ccnc(C(C)C)n4)ccc3Cl)c(=O)c2Cl)co1. The van der Waals surface area contributed by atoms with E-state index in [9.17, 15) is 4.79 Å². The van der Waals surface area contributed by atoms with Crippen molar-refractivity contribution in [2.75, 3.05) is 0 Å². The Bertz CT molecular complexity index is 1380. The van der Waals surface area contributed by atoms with E-state index in [1.54, 1.807) is 32.2 Å². The number of aromatic nitrogens is 5. The van der Waals surface area contributed by atoms with E-state index in [2.05, 4.69) is 19.9 Å². The highest BCUT2D eigenvalue weighted by Crippen LogP contribution is 2.29. The molecule has 3 aromatic heterocycles. The first-order valence-electron chi connectivity index (χ1n) is 10.2. The van der Waals surface area contributed by atoms with Gasteiger partial charge in [-0.15, -0.1) is 0 Å². The van der Waals surface area contributed by atoms with Gasteiger partial charge in [-0.25, -0.2) is 15.0 Å². The predicted octanol–water partition coefficient (Wildman–Crippen LogP) is 5.30. The van der Waals surface area contributed by atoms with Crippen molar-refractivity contribution in [3.05, 3.63) is 80.4 Å². The normalized spacial score (nSPS) is 11.2. The number of benzene rings is 1. The lowest BCUT2D eigenvalue weighted by atomic mass is 10.1. The Hall–Kier alpha value is -3.23.